The van der Waals surface area contributed by atoms with Crippen LogP contribution in [0.2, 0.25) is 0 Å². The summed E-state index contributed by atoms with van der Waals surface area (Å²) in [5.41, 5.74) is 6.57. The van der Waals surface area contributed by atoms with Gasteiger partial charge >= 0.3 is 5.97 Å². The number of hydrogen-bond acceptors (Lipinski definition) is 3. The van der Waals surface area contributed by atoms with E-state index in [9.17, 15) is 4.79 Å². The third-order valence-corrected chi connectivity index (χ3v) is 1.85. The molecule has 0 amide bonds. The molecule has 0 aromatic carbocycles. The van der Waals surface area contributed by atoms with Crippen LogP contribution in [0.3, 0.4) is 0 Å². The molecule has 1 aromatic heterocycles. The quantitative estimate of drug-likeness (QED) is 0.732. The van der Waals surface area contributed by atoms with Gasteiger partial charge < -0.3 is 10.8 Å². The average Bonchev–Trinajstić information content (AvgIpc) is 2.17. The Hall–Kier alpha value is -1.42. The fourth-order valence-corrected chi connectivity index (χ4v) is 0.993. The van der Waals surface area contributed by atoms with Gasteiger partial charge in [-0.15, -0.1) is 0 Å². The van der Waals surface area contributed by atoms with Crippen LogP contribution in [0.5, 0.6) is 0 Å². The molecule has 0 aliphatic carbocycles. The minimum Gasteiger partial charge on any atom is -0.478 e. The van der Waals surface area contributed by atoms with Crippen molar-refractivity contribution in [1.29, 1.82) is 0 Å². The largest absolute Gasteiger partial charge is 0.478 e. The summed E-state index contributed by atoms with van der Waals surface area (Å²) < 4.78 is 0. The van der Waals surface area contributed by atoms with Crippen LogP contribution >= 0.6 is 0 Å². The first-order valence-corrected chi connectivity index (χ1v) is 4.10. The van der Waals surface area contributed by atoms with Gasteiger partial charge in [-0.3, -0.25) is 4.98 Å². The Balaban J connectivity index is 2.98. The number of aromatic carboxylic acids is 1. The molecule has 0 fully saturated rings. The van der Waals surface area contributed by atoms with E-state index in [1.807, 2.05) is 6.92 Å². The standard InChI is InChI=1S/C9H12N2O2/c1-2-7(10)8-5-6(9(12)13)3-4-11-8/h3-5,7H,2,10H2,1H3,(H,12,13)/t7-/m1/s1. The molecule has 4 heteroatoms. The van der Waals surface area contributed by atoms with Gasteiger partial charge in [0.1, 0.15) is 0 Å². The van der Waals surface area contributed by atoms with Crippen molar-refractivity contribution in [2.75, 3.05) is 0 Å². The maximum atomic E-state index is 10.6. The fraction of sp³-hybridized carbons (Fsp3) is 0.333. The van der Waals surface area contributed by atoms with E-state index in [0.717, 1.165) is 6.42 Å². The van der Waals surface area contributed by atoms with Gasteiger partial charge in [0.25, 0.3) is 0 Å². The highest BCUT2D eigenvalue weighted by molar-refractivity contribution is 5.87. The van der Waals surface area contributed by atoms with Crippen LogP contribution in [0.4, 0.5) is 0 Å². The number of nitrogens with two attached hydrogens (primary N) is 1. The minimum absolute atomic E-state index is 0.181. The molecule has 1 heterocycles. The second-order valence-electron chi connectivity index (χ2n) is 2.79. The van der Waals surface area contributed by atoms with E-state index in [0.29, 0.717) is 5.69 Å². The highest BCUT2D eigenvalue weighted by atomic mass is 16.4. The van der Waals surface area contributed by atoms with Gasteiger partial charge in [-0.05, 0) is 18.6 Å². The zero-order valence-corrected chi connectivity index (χ0v) is 7.40. The zero-order chi connectivity index (χ0) is 9.84. The Bertz CT molecular complexity index is 312. The Morgan fingerprint density at radius 3 is 3.00 bits per heavy atom. The van der Waals surface area contributed by atoms with Gasteiger partial charge in [-0.1, -0.05) is 6.92 Å². The molecule has 3 N–H and O–H groups in total. The average molecular weight is 180 g/mol. The third-order valence-electron chi connectivity index (χ3n) is 1.85. The van der Waals surface area contributed by atoms with Crippen molar-refractivity contribution in [3.8, 4) is 0 Å². The molecule has 1 rings (SSSR count). The van der Waals surface area contributed by atoms with Crippen molar-refractivity contribution >= 4 is 5.97 Å². The maximum Gasteiger partial charge on any atom is 0.335 e. The molecule has 0 unspecified atom stereocenters. The van der Waals surface area contributed by atoms with E-state index in [-0.39, 0.29) is 11.6 Å². The van der Waals surface area contributed by atoms with Crippen LogP contribution in [0, 0.1) is 0 Å². The summed E-state index contributed by atoms with van der Waals surface area (Å²) in [6.45, 7) is 1.93. The van der Waals surface area contributed by atoms with Gasteiger partial charge in [0.05, 0.1) is 11.3 Å². The fourth-order valence-electron chi connectivity index (χ4n) is 0.993. The summed E-state index contributed by atoms with van der Waals surface area (Å²) in [6, 6.07) is 2.78. The minimum atomic E-state index is -0.952. The molecular formula is C9H12N2O2. The predicted octanol–water partition coefficient (Wildman–Crippen LogP) is 1.19. The van der Waals surface area contributed by atoms with E-state index in [4.69, 9.17) is 10.8 Å². The molecular weight excluding hydrogens is 168 g/mol. The molecule has 0 saturated carbocycles. The highest BCUT2D eigenvalue weighted by Gasteiger charge is 2.08. The molecule has 1 atom stereocenters. The number of carboxylic acid groups (broad SMARTS) is 1. The second kappa shape index (κ2) is 4.00. The number of rotatable bonds is 3. The molecule has 0 radical (unpaired) electrons. The van der Waals surface area contributed by atoms with Crippen molar-refractivity contribution in [1.82, 2.24) is 4.98 Å². The summed E-state index contributed by atoms with van der Waals surface area (Å²) in [6.07, 6.45) is 2.21. The number of carbonyl (C=O) groups is 1. The number of carboxylic acids is 1. The van der Waals surface area contributed by atoms with E-state index in [2.05, 4.69) is 4.98 Å². The Morgan fingerprint density at radius 1 is 1.77 bits per heavy atom. The van der Waals surface area contributed by atoms with E-state index in [1.165, 1.54) is 18.3 Å². The first-order valence-electron chi connectivity index (χ1n) is 4.10. The zero-order valence-electron chi connectivity index (χ0n) is 7.40. The van der Waals surface area contributed by atoms with Crippen LogP contribution < -0.4 is 5.73 Å². The van der Waals surface area contributed by atoms with Crippen molar-refractivity contribution in [2.45, 2.75) is 19.4 Å². The van der Waals surface area contributed by atoms with E-state index < -0.39 is 5.97 Å². The maximum absolute atomic E-state index is 10.6. The summed E-state index contributed by atoms with van der Waals surface area (Å²) in [7, 11) is 0. The predicted molar refractivity (Wildman–Crippen MR) is 48.4 cm³/mol. The van der Waals surface area contributed by atoms with Crippen molar-refractivity contribution in [3.63, 3.8) is 0 Å². The first-order chi connectivity index (χ1) is 6.15. The summed E-state index contributed by atoms with van der Waals surface area (Å²) in [5.74, 6) is -0.952. The molecule has 1 aromatic rings. The smallest absolute Gasteiger partial charge is 0.335 e. The van der Waals surface area contributed by atoms with Crippen LogP contribution in [0.25, 0.3) is 0 Å². The lowest BCUT2D eigenvalue weighted by atomic mass is 10.1. The molecule has 13 heavy (non-hydrogen) atoms. The molecule has 4 nitrogen and oxygen atoms in total. The number of aromatic nitrogens is 1. The summed E-state index contributed by atoms with van der Waals surface area (Å²) in [5, 5.41) is 8.70. The Kier molecular flexibility index (Phi) is 2.97. The molecule has 0 aliphatic heterocycles. The Morgan fingerprint density at radius 2 is 2.46 bits per heavy atom. The Labute approximate surface area is 76.4 Å². The number of pyridine rings is 1. The SMILES string of the molecule is CC[C@@H](N)c1cc(C(=O)O)ccn1. The van der Waals surface area contributed by atoms with Gasteiger partial charge in [0, 0.05) is 12.2 Å². The number of nitrogens with zero attached hydrogens (tertiary/aromatic N) is 1. The highest BCUT2D eigenvalue weighted by Crippen LogP contribution is 2.11. The van der Waals surface area contributed by atoms with Gasteiger partial charge in [-0.25, -0.2) is 4.79 Å². The van der Waals surface area contributed by atoms with Crippen LogP contribution in [0.1, 0.15) is 35.4 Å². The van der Waals surface area contributed by atoms with E-state index in [1.54, 1.807) is 0 Å². The van der Waals surface area contributed by atoms with Gasteiger partial charge in [0.15, 0.2) is 0 Å². The lowest BCUT2D eigenvalue weighted by Crippen LogP contribution is -2.11. The molecule has 0 saturated heterocycles. The van der Waals surface area contributed by atoms with Crippen LogP contribution in [-0.4, -0.2) is 16.1 Å². The third kappa shape index (κ3) is 2.26. The molecule has 0 bridgehead atoms. The normalized spacial score (nSPS) is 12.5. The van der Waals surface area contributed by atoms with Crippen molar-refractivity contribution in [3.05, 3.63) is 29.6 Å². The monoisotopic (exact) mass is 180 g/mol. The molecule has 0 spiro atoms. The van der Waals surface area contributed by atoms with Gasteiger partial charge in [-0.2, -0.15) is 0 Å². The molecule has 70 valence electrons. The molecule has 0 aliphatic rings. The topological polar surface area (TPSA) is 76.2 Å². The lowest BCUT2D eigenvalue weighted by molar-refractivity contribution is 0.0696. The van der Waals surface area contributed by atoms with Crippen molar-refractivity contribution < 1.29 is 9.90 Å². The van der Waals surface area contributed by atoms with Crippen molar-refractivity contribution in [2.24, 2.45) is 5.73 Å². The lowest BCUT2D eigenvalue weighted by Gasteiger charge is -2.07. The summed E-state index contributed by atoms with van der Waals surface area (Å²) >= 11 is 0. The number of hydrogen-bond donors (Lipinski definition) is 2. The van der Waals surface area contributed by atoms with Crippen LogP contribution in [-0.2, 0) is 0 Å². The first kappa shape index (κ1) is 9.67. The van der Waals surface area contributed by atoms with Gasteiger partial charge in [0.2, 0.25) is 0 Å². The van der Waals surface area contributed by atoms with E-state index >= 15 is 0 Å². The van der Waals surface area contributed by atoms with Crippen LogP contribution in [0.15, 0.2) is 18.3 Å². The summed E-state index contributed by atoms with van der Waals surface area (Å²) in [4.78, 5) is 14.6. The second-order valence-corrected chi connectivity index (χ2v) is 2.79.